The minimum Gasteiger partial charge on any atom is -0.487 e. The second kappa shape index (κ2) is 6.76. The number of nitro benzene ring substituents is 1. The normalized spacial score (nSPS) is 16.7. The molecule has 6 nitrogen and oxygen atoms in total. The van der Waals surface area contributed by atoms with Gasteiger partial charge >= 0.3 is 5.69 Å². The maximum Gasteiger partial charge on any atom is 0.311 e. The van der Waals surface area contributed by atoms with Crippen LogP contribution in [0.2, 0.25) is 0 Å². The molecule has 0 spiro atoms. The second-order valence-electron chi connectivity index (χ2n) is 5.56. The van der Waals surface area contributed by atoms with Crippen LogP contribution in [0.1, 0.15) is 39.0 Å². The Balaban J connectivity index is 2.22. The van der Waals surface area contributed by atoms with E-state index in [2.05, 4.69) is 5.32 Å². The van der Waals surface area contributed by atoms with Crippen molar-refractivity contribution in [2.24, 2.45) is 0 Å². The Morgan fingerprint density at radius 2 is 2.14 bits per heavy atom. The number of rotatable bonds is 7. The van der Waals surface area contributed by atoms with Crippen LogP contribution in [0.3, 0.4) is 0 Å². The topological polar surface area (TPSA) is 84.6 Å². The molecule has 1 aliphatic carbocycles. The lowest BCUT2D eigenvalue weighted by atomic mass is 9.98. The Morgan fingerprint density at radius 3 is 2.71 bits per heavy atom. The van der Waals surface area contributed by atoms with Crippen LogP contribution < -0.4 is 10.1 Å². The van der Waals surface area contributed by atoms with Gasteiger partial charge in [-0.25, -0.2) is 0 Å². The molecule has 2 rings (SSSR count). The summed E-state index contributed by atoms with van der Waals surface area (Å²) >= 11 is 0. The third-order valence-corrected chi connectivity index (χ3v) is 3.89. The van der Waals surface area contributed by atoms with Gasteiger partial charge in [0.1, 0.15) is 0 Å². The molecular formula is C15H22N2O4. The standard InChI is InChI=1S/C15H22N2O4/c1-2-9-21-14-10-12(5-6-13(14)17(19)20)16-15(11-18)7-3-4-8-15/h5-6,10,16,18H,2-4,7-9,11H2,1H3. The zero-order chi connectivity index (χ0) is 15.3. The number of hydrogen-bond donors (Lipinski definition) is 2. The van der Waals surface area contributed by atoms with Crippen molar-refractivity contribution in [1.82, 2.24) is 0 Å². The second-order valence-corrected chi connectivity index (χ2v) is 5.56. The van der Waals surface area contributed by atoms with Gasteiger partial charge in [0, 0.05) is 17.8 Å². The molecule has 0 amide bonds. The number of hydrogen-bond acceptors (Lipinski definition) is 5. The number of nitrogens with zero attached hydrogens (tertiary/aromatic N) is 1. The highest BCUT2D eigenvalue weighted by Gasteiger charge is 2.33. The first-order chi connectivity index (χ1) is 10.1. The predicted molar refractivity (Wildman–Crippen MR) is 80.8 cm³/mol. The lowest BCUT2D eigenvalue weighted by molar-refractivity contribution is -0.385. The van der Waals surface area contributed by atoms with Gasteiger partial charge in [-0.05, 0) is 25.3 Å². The van der Waals surface area contributed by atoms with E-state index < -0.39 is 4.92 Å². The van der Waals surface area contributed by atoms with Gasteiger partial charge in [0.05, 0.1) is 23.7 Å². The molecule has 0 unspecified atom stereocenters. The average Bonchev–Trinajstić information content (AvgIpc) is 2.94. The molecule has 1 saturated carbocycles. The summed E-state index contributed by atoms with van der Waals surface area (Å²) in [5.41, 5.74) is 0.416. The fraction of sp³-hybridized carbons (Fsp3) is 0.600. The Kier molecular flexibility index (Phi) is 5.01. The molecule has 116 valence electrons. The van der Waals surface area contributed by atoms with Crippen LogP contribution >= 0.6 is 0 Å². The third kappa shape index (κ3) is 3.64. The van der Waals surface area contributed by atoms with Gasteiger partial charge in [-0.3, -0.25) is 10.1 Å². The first-order valence-electron chi connectivity index (χ1n) is 7.40. The van der Waals surface area contributed by atoms with Gasteiger partial charge in [0.25, 0.3) is 0 Å². The largest absolute Gasteiger partial charge is 0.487 e. The molecule has 0 heterocycles. The summed E-state index contributed by atoms with van der Waals surface area (Å²) in [6, 6.07) is 4.78. The molecule has 0 aromatic heterocycles. The van der Waals surface area contributed by atoms with E-state index in [-0.39, 0.29) is 23.6 Å². The highest BCUT2D eigenvalue weighted by Crippen LogP contribution is 2.36. The van der Waals surface area contributed by atoms with Crippen LogP contribution in [0.15, 0.2) is 18.2 Å². The molecule has 1 aromatic rings. The number of nitro groups is 1. The van der Waals surface area contributed by atoms with Gasteiger partial charge in [0.2, 0.25) is 0 Å². The van der Waals surface area contributed by atoms with Crippen molar-refractivity contribution < 1.29 is 14.8 Å². The quantitative estimate of drug-likeness (QED) is 0.596. The summed E-state index contributed by atoms with van der Waals surface area (Å²) in [4.78, 5) is 10.6. The molecule has 6 heteroatoms. The molecule has 21 heavy (non-hydrogen) atoms. The molecule has 2 N–H and O–H groups in total. The number of ether oxygens (including phenoxy) is 1. The van der Waals surface area contributed by atoms with Crippen LogP contribution in [-0.2, 0) is 0 Å². The van der Waals surface area contributed by atoms with E-state index in [1.54, 1.807) is 12.1 Å². The molecule has 0 atom stereocenters. The molecule has 0 saturated heterocycles. The van der Waals surface area contributed by atoms with Gasteiger partial charge in [0.15, 0.2) is 5.75 Å². The first kappa shape index (κ1) is 15.6. The Hall–Kier alpha value is -1.82. The first-order valence-corrected chi connectivity index (χ1v) is 7.40. The Bertz CT molecular complexity index is 498. The number of nitrogens with one attached hydrogen (secondary N) is 1. The highest BCUT2D eigenvalue weighted by molar-refractivity contribution is 5.59. The van der Waals surface area contributed by atoms with E-state index in [0.29, 0.717) is 6.61 Å². The van der Waals surface area contributed by atoms with Gasteiger partial charge < -0.3 is 15.2 Å². The van der Waals surface area contributed by atoms with Crippen LogP contribution in [0, 0.1) is 10.1 Å². The lowest BCUT2D eigenvalue weighted by Gasteiger charge is -2.29. The predicted octanol–water partition coefficient (Wildman–Crippen LogP) is 3.10. The van der Waals surface area contributed by atoms with Crippen molar-refractivity contribution in [3.63, 3.8) is 0 Å². The van der Waals surface area contributed by atoms with E-state index in [1.807, 2.05) is 6.92 Å². The fourth-order valence-corrected chi connectivity index (χ4v) is 2.75. The van der Waals surface area contributed by atoms with Crippen LogP contribution in [-0.4, -0.2) is 28.8 Å². The molecule has 0 bridgehead atoms. The molecule has 0 aliphatic heterocycles. The lowest BCUT2D eigenvalue weighted by Crippen LogP contribution is -2.38. The molecule has 1 aromatic carbocycles. The van der Waals surface area contributed by atoms with E-state index in [4.69, 9.17) is 4.74 Å². The highest BCUT2D eigenvalue weighted by atomic mass is 16.6. The Labute approximate surface area is 124 Å². The van der Waals surface area contributed by atoms with Crippen molar-refractivity contribution in [2.75, 3.05) is 18.5 Å². The molecule has 1 aliphatic rings. The molecule has 1 fully saturated rings. The minimum absolute atomic E-state index is 0.0292. The van der Waals surface area contributed by atoms with E-state index in [9.17, 15) is 15.2 Å². The third-order valence-electron chi connectivity index (χ3n) is 3.89. The van der Waals surface area contributed by atoms with E-state index in [1.165, 1.54) is 6.07 Å². The number of benzene rings is 1. The summed E-state index contributed by atoms with van der Waals surface area (Å²) in [6.07, 6.45) is 4.77. The number of anilines is 1. The van der Waals surface area contributed by atoms with Crippen LogP contribution in [0.5, 0.6) is 5.75 Å². The zero-order valence-corrected chi connectivity index (χ0v) is 12.3. The van der Waals surface area contributed by atoms with Gasteiger partial charge in [-0.15, -0.1) is 0 Å². The van der Waals surface area contributed by atoms with Crippen molar-refractivity contribution in [3.05, 3.63) is 28.3 Å². The van der Waals surface area contributed by atoms with Crippen LogP contribution in [0.25, 0.3) is 0 Å². The summed E-state index contributed by atoms with van der Waals surface area (Å²) in [5, 5.41) is 24.0. The van der Waals surface area contributed by atoms with E-state index in [0.717, 1.165) is 37.8 Å². The van der Waals surface area contributed by atoms with Crippen LogP contribution in [0.4, 0.5) is 11.4 Å². The maximum atomic E-state index is 11.0. The number of aliphatic hydroxyl groups is 1. The van der Waals surface area contributed by atoms with Crippen molar-refractivity contribution in [1.29, 1.82) is 0 Å². The average molecular weight is 294 g/mol. The zero-order valence-electron chi connectivity index (χ0n) is 12.3. The van der Waals surface area contributed by atoms with Gasteiger partial charge in [-0.1, -0.05) is 19.8 Å². The van der Waals surface area contributed by atoms with Crippen molar-refractivity contribution in [2.45, 2.75) is 44.6 Å². The van der Waals surface area contributed by atoms with E-state index >= 15 is 0 Å². The maximum absolute atomic E-state index is 11.0. The monoisotopic (exact) mass is 294 g/mol. The SMILES string of the molecule is CCCOc1cc(NC2(CO)CCCC2)ccc1[N+](=O)[O-]. The minimum atomic E-state index is -0.438. The fourth-order valence-electron chi connectivity index (χ4n) is 2.75. The summed E-state index contributed by atoms with van der Waals surface area (Å²) in [6.45, 7) is 2.46. The van der Waals surface area contributed by atoms with Crippen molar-refractivity contribution >= 4 is 11.4 Å². The summed E-state index contributed by atoms with van der Waals surface area (Å²) < 4.78 is 5.48. The summed E-state index contributed by atoms with van der Waals surface area (Å²) in [5.74, 6) is 0.276. The van der Waals surface area contributed by atoms with Gasteiger partial charge in [-0.2, -0.15) is 0 Å². The molecular weight excluding hydrogens is 272 g/mol. The summed E-state index contributed by atoms with van der Waals surface area (Å²) in [7, 11) is 0. The smallest absolute Gasteiger partial charge is 0.311 e. The molecule has 0 radical (unpaired) electrons. The van der Waals surface area contributed by atoms with Crippen molar-refractivity contribution in [3.8, 4) is 5.75 Å². The number of aliphatic hydroxyl groups excluding tert-OH is 1. The Morgan fingerprint density at radius 1 is 1.43 bits per heavy atom.